The van der Waals surface area contributed by atoms with Crippen LogP contribution in [0.25, 0.3) is 0 Å². The molecule has 0 bridgehead atoms. The maximum Gasteiger partial charge on any atom is 0.119 e. The zero-order chi connectivity index (χ0) is 16.5. The largest absolute Gasteiger partial charge is 0.497 e. The molecule has 0 radical (unpaired) electrons. The Balaban J connectivity index is 1.66. The third-order valence-electron chi connectivity index (χ3n) is 5.19. The first-order chi connectivity index (χ1) is 11.7. The van der Waals surface area contributed by atoms with Crippen molar-refractivity contribution in [2.45, 2.75) is 31.3 Å². The highest BCUT2D eigenvalue weighted by Gasteiger charge is 2.26. The van der Waals surface area contributed by atoms with Crippen molar-refractivity contribution in [3.8, 4) is 5.75 Å². The fraction of sp³-hybridized carbons (Fsp3) is 0.429. The number of hydrogen-bond donors (Lipinski definition) is 0. The third-order valence-corrected chi connectivity index (χ3v) is 5.19. The van der Waals surface area contributed by atoms with Crippen molar-refractivity contribution < 1.29 is 9.47 Å². The van der Waals surface area contributed by atoms with Crippen LogP contribution in [0.2, 0.25) is 0 Å². The molecule has 1 heterocycles. The summed E-state index contributed by atoms with van der Waals surface area (Å²) in [4.78, 5) is 2.34. The standard InChI is InChI=1S/C21H25NO2/c1-22-10-11-24-21(18-4-3-5-19(12-18)23-2)14-17-9-8-16(13-20(17)22)15-6-7-15/h3-5,8-9,12-13,15,21H,6-7,10-11,14H2,1-2H3. The number of benzene rings is 2. The lowest BCUT2D eigenvalue weighted by atomic mass is 9.96. The molecule has 0 spiro atoms. The highest BCUT2D eigenvalue weighted by Crippen LogP contribution is 2.42. The second-order valence-corrected chi connectivity index (χ2v) is 6.92. The van der Waals surface area contributed by atoms with Gasteiger partial charge in [0, 0.05) is 25.7 Å². The molecule has 4 rings (SSSR count). The number of anilines is 1. The van der Waals surface area contributed by atoms with Crippen LogP contribution in [0.4, 0.5) is 5.69 Å². The van der Waals surface area contributed by atoms with Gasteiger partial charge in [-0.05, 0) is 53.6 Å². The summed E-state index contributed by atoms with van der Waals surface area (Å²) >= 11 is 0. The van der Waals surface area contributed by atoms with Gasteiger partial charge in [0.15, 0.2) is 0 Å². The highest BCUT2D eigenvalue weighted by molar-refractivity contribution is 5.57. The number of likely N-dealkylation sites (N-methyl/N-ethyl adjacent to an activating group) is 1. The maximum atomic E-state index is 6.19. The summed E-state index contributed by atoms with van der Waals surface area (Å²) in [6.45, 7) is 1.66. The van der Waals surface area contributed by atoms with Crippen molar-refractivity contribution in [3.63, 3.8) is 0 Å². The first kappa shape index (κ1) is 15.5. The summed E-state index contributed by atoms with van der Waals surface area (Å²) in [5.74, 6) is 1.68. The number of methoxy groups -OCH3 is 1. The number of nitrogens with zero attached hydrogens (tertiary/aromatic N) is 1. The van der Waals surface area contributed by atoms with E-state index in [-0.39, 0.29) is 6.10 Å². The molecule has 0 aromatic heterocycles. The molecule has 2 aromatic rings. The van der Waals surface area contributed by atoms with Crippen molar-refractivity contribution in [3.05, 3.63) is 59.2 Å². The molecule has 1 saturated carbocycles. The third kappa shape index (κ3) is 3.13. The molecule has 2 aromatic carbocycles. The summed E-state index contributed by atoms with van der Waals surface area (Å²) in [6.07, 6.45) is 3.67. The summed E-state index contributed by atoms with van der Waals surface area (Å²) in [7, 11) is 3.88. The SMILES string of the molecule is COc1cccc(C2Cc3ccc(C4CC4)cc3N(C)CCO2)c1. The number of ether oxygens (including phenoxy) is 2. The van der Waals surface area contributed by atoms with Gasteiger partial charge in [-0.1, -0.05) is 24.3 Å². The monoisotopic (exact) mass is 323 g/mol. The van der Waals surface area contributed by atoms with Gasteiger partial charge in [0.2, 0.25) is 0 Å². The van der Waals surface area contributed by atoms with Crippen LogP contribution in [-0.4, -0.2) is 27.3 Å². The number of rotatable bonds is 3. The summed E-state index contributed by atoms with van der Waals surface area (Å²) < 4.78 is 11.6. The quantitative estimate of drug-likeness (QED) is 0.839. The molecule has 3 nitrogen and oxygen atoms in total. The molecule has 1 fully saturated rings. The van der Waals surface area contributed by atoms with Gasteiger partial charge >= 0.3 is 0 Å². The topological polar surface area (TPSA) is 21.7 Å². The van der Waals surface area contributed by atoms with E-state index in [4.69, 9.17) is 9.47 Å². The molecular weight excluding hydrogens is 298 g/mol. The minimum Gasteiger partial charge on any atom is -0.497 e. The van der Waals surface area contributed by atoms with Gasteiger partial charge in [-0.25, -0.2) is 0 Å². The molecule has 126 valence electrons. The van der Waals surface area contributed by atoms with Gasteiger partial charge in [0.1, 0.15) is 5.75 Å². The van der Waals surface area contributed by atoms with Gasteiger partial charge in [0.05, 0.1) is 19.8 Å². The zero-order valence-electron chi connectivity index (χ0n) is 14.5. The molecule has 3 heteroatoms. The van der Waals surface area contributed by atoms with Gasteiger partial charge < -0.3 is 14.4 Å². The molecule has 0 amide bonds. The summed E-state index contributed by atoms with van der Waals surface area (Å²) in [6, 6.07) is 15.3. The molecule has 0 saturated heterocycles. The normalized spacial score (nSPS) is 20.9. The lowest BCUT2D eigenvalue weighted by molar-refractivity contribution is 0.0558. The Morgan fingerprint density at radius 1 is 1.08 bits per heavy atom. The van der Waals surface area contributed by atoms with Crippen molar-refractivity contribution >= 4 is 5.69 Å². The Bertz CT molecular complexity index is 724. The van der Waals surface area contributed by atoms with Gasteiger partial charge in [-0.15, -0.1) is 0 Å². The number of fused-ring (bicyclic) bond motifs is 1. The van der Waals surface area contributed by atoms with E-state index in [1.165, 1.54) is 35.2 Å². The average Bonchev–Trinajstić information content (AvgIpc) is 3.44. The Labute approximate surface area is 144 Å². The zero-order valence-corrected chi connectivity index (χ0v) is 14.5. The van der Waals surface area contributed by atoms with Crippen molar-refractivity contribution in [2.75, 3.05) is 32.2 Å². The summed E-state index contributed by atoms with van der Waals surface area (Å²) in [5.41, 5.74) is 5.43. The van der Waals surface area contributed by atoms with E-state index >= 15 is 0 Å². The Kier molecular flexibility index (Phi) is 4.19. The van der Waals surface area contributed by atoms with Crippen molar-refractivity contribution in [1.82, 2.24) is 0 Å². The van der Waals surface area contributed by atoms with Gasteiger partial charge in [0.25, 0.3) is 0 Å². The number of hydrogen-bond acceptors (Lipinski definition) is 3. The Morgan fingerprint density at radius 3 is 2.75 bits per heavy atom. The molecule has 2 aliphatic rings. The minimum absolute atomic E-state index is 0.0827. The molecule has 0 N–H and O–H groups in total. The second kappa shape index (κ2) is 6.48. The fourth-order valence-corrected chi connectivity index (χ4v) is 3.55. The smallest absolute Gasteiger partial charge is 0.119 e. The Hall–Kier alpha value is -2.00. The van der Waals surface area contributed by atoms with Crippen LogP contribution in [0.1, 0.15) is 41.6 Å². The van der Waals surface area contributed by atoms with E-state index in [0.29, 0.717) is 0 Å². The molecule has 1 aliphatic carbocycles. The van der Waals surface area contributed by atoms with Crippen LogP contribution in [0, 0.1) is 0 Å². The highest BCUT2D eigenvalue weighted by atomic mass is 16.5. The van der Waals surface area contributed by atoms with Crippen molar-refractivity contribution in [1.29, 1.82) is 0 Å². The van der Waals surface area contributed by atoms with Crippen LogP contribution in [-0.2, 0) is 11.2 Å². The van der Waals surface area contributed by atoms with Crippen LogP contribution in [0.3, 0.4) is 0 Å². The van der Waals surface area contributed by atoms with Crippen LogP contribution in [0.15, 0.2) is 42.5 Å². The maximum absolute atomic E-state index is 6.19. The first-order valence-corrected chi connectivity index (χ1v) is 8.84. The molecule has 1 atom stereocenters. The Morgan fingerprint density at radius 2 is 1.96 bits per heavy atom. The molecule has 1 unspecified atom stereocenters. The van der Waals surface area contributed by atoms with E-state index < -0.39 is 0 Å². The van der Waals surface area contributed by atoms with Crippen LogP contribution >= 0.6 is 0 Å². The van der Waals surface area contributed by atoms with E-state index in [1.807, 2.05) is 12.1 Å². The molecule has 24 heavy (non-hydrogen) atoms. The van der Waals surface area contributed by atoms with Crippen molar-refractivity contribution in [2.24, 2.45) is 0 Å². The van der Waals surface area contributed by atoms with E-state index in [0.717, 1.165) is 31.2 Å². The minimum atomic E-state index is 0.0827. The molecule has 1 aliphatic heterocycles. The van der Waals surface area contributed by atoms with Gasteiger partial charge in [-0.2, -0.15) is 0 Å². The fourth-order valence-electron chi connectivity index (χ4n) is 3.55. The van der Waals surface area contributed by atoms with Crippen LogP contribution < -0.4 is 9.64 Å². The summed E-state index contributed by atoms with van der Waals surface area (Å²) in [5, 5.41) is 0. The lowest BCUT2D eigenvalue weighted by Crippen LogP contribution is -2.28. The van der Waals surface area contributed by atoms with E-state index in [2.05, 4.69) is 42.3 Å². The first-order valence-electron chi connectivity index (χ1n) is 8.84. The average molecular weight is 323 g/mol. The van der Waals surface area contributed by atoms with Crippen LogP contribution in [0.5, 0.6) is 5.75 Å². The predicted molar refractivity (Wildman–Crippen MR) is 97.1 cm³/mol. The lowest BCUT2D eigenvalue weighted by Gasteiger charge is -2.30. The van der Waals surface area contributed by atoms with Gasteiger partial charge in [-0.3, -0.25) is 0 Å². The van der Waals surface area contributed by atoms with E-state index in [1.54, 1.807) is 7.11 Å². The second-order valence-electron chi connectivity index (χ2n) is 6.92. The molecular formula is C21H25NO2. The van der Waals surface area contributed by atoms with E-state index in [9.17, 15) is 0 Å². The predicted octanol–water partition coefficient (Wildman–Crippen LogP) is 4.32.